The van der Waals surface area contributed by atoms with Crippen LogP contribution in [0.1, 0.15) is 45.7 Å². The van der Waals surface area contributed by atoms with Gasteiger partial charge in [0.15, 0.2) is 0 Å². The summed E-state index contributed by atoms with van der Waals surface area (Å²) in [5, 5.41) is 12.7. The lowest BCUT2D eigenvalue weighted by molar-refractivity contribution is 0.0583. The van der Waals surface area contributed by atoms with Crippen molar-refractivity contribution in [1.82, 2.24) is 5.32 Å². The minimum absolute atomic E-state index is 0.158. The molecule has 0 saturated heterocycles. The van der Waals surface area contributed by atoms with Gasteiger partial charge >= 0.3 is 6.09 Å². The van der Waals surface area contributed by atoms with Crippen molar-refractivity contribution in [3.63, 3.8) is 0 Å². The van der Waals surface area contributed by atoms with E-state index < -0.39 is 5.60 Å². The van der Waals surface area contributed by atoms with Crippen molar-refractivity contribution in [3.8, 4) is 0 Å². The smallest absolute Gasteiger partial charge is 0.414 e. The molecule has 134 valence electrons. The third-order valence-corrected chi connectivity index (χ3v) is 4.45. The van der Waals surface area contributed by atoms with E-state index in [2.05, 4.69) is 18.3 Å². The molecule has 5 heteroatoms. The number of hydrogen-bond acceptors (Lipinski definition) is 4. The zero-order chi connectivity index (χ0) is 17.9. The number of benzene rings is 1. The lowest BCUT2D eigenvalue weighted by atomic mass is 10.0. The molecule has 1 heterocycles. The molecule has 0 aromatic heterocycles. The van der Waals surface area contributed by atoms with E-state index in [0.29, 0.717) is 13.1 Å². The van der Waals surface area contributed by atoms with Gasteiger partial charge in [0, 0.05) is 25.7 Å². The van der Waals surface area contributed by atoms with E-state index in [1.54, 1.807) is 4.90 Å². The SMILES string of the molecule is CC(CO)C(C)NCc1cccc2c1N(C(=O)OC(C)(C)C)CC2. The summed E-state index contributed by atoms with van der Waals surface area (Å²) in [5.74, 6) is 0.184. The van der Waals surface area contributed by atoms with Gasteiger partial charge in [0.1, 0.15) is 5.60 Å². The summed E-state index contributed by atoms with van der Waals surface area (Å²) < 4.78 is 5.55. The first kappa shape index (κ1) is 18.7. The van der Waals surface area contributed by atoms with Crippen molar-refractivity contribution >= 4 is 11.8 Å². The van der Waals surface area contributed by atoms with E-state index in [0.717, 1.165) is 17.7 Å². The maximum absolute atomic E-state index is 12.5. The Morgan fingerprint density at radius 3 is 2.71 bits per heavy atom. The molecular weight excluding hydrogens is 304 g/mol. The van der Waals surface area contributed by atoms with E-state index in [4.69, 9.17) is 4.74 Å². The molecule has 1 aliphatic heterocycles. The second-order valence-corrected chi connectivity index (χ2v) is 7.64. The fraction of sp³-hybridized carbons (Fsp3) is 0.632. The van der Waals surface area contributed by atoms with Crippen molar-refractivity contribution in [2.45, 2.75) is 59.2 Å². The highest BCUT2D eigenvalue weighted by atomic mass is 16.6. The fourth-order valence-corrected chi connectivity index (χ4v) is 2.81. The second-order valence-electron chi connectivity index (χ2n) is 7.64. The van der Waals surface area contributed by atoms with Crippen molar-refractivity contribution < 1.29 is 14.6 Å². The molecule has 0 bridgehead atoms. The Labute approximate surface area is 145 Å². The Bertz CT molecular complexity index is 580. The van der Waals surface area contributed by atoms with Crippen molar-refractivity contribution in [3.05, 3.63) is 29.3 Å². The minimum Gasteiger partial charge on any atom is -0.443 e. The van der Waals surface area contributed by atoms with Gasteiger partial charge in [-0.3, -0.25) is 4.90 Å². The standard InChI is InChI=1S/C19H30N2O3/c1-13(12-22)14(2)20-11-16-8-6-7-15-9-10-21(17(15)16)18(23)24-19(3,4)5/h6-8,13-14,20,22H,9-12H2,1-5H3. The van der Waals surface area contributed by atoms with Gasteiger partial charge in [0.25, 0.3) is 0 Å². The van der Waals surface area contributed by atoms with Crippen molar-refractivity contribution in [2.24, 2.45) is 5.92 Å². The first-order valence-corrected chi connectivity index (χ1v) is 8.68. The topological polar surface area (TPSA) is 61.8 Å². The number of rotatable bonds is 5. The van der Waals surface area contributed by atoms with Crippen LogP contribution in [-0.4, -0.2) is 36.0 Å². The summed E-state index contributed by atoms with van der Waals surface area (Å²) in [6.07, 6.45) is 0.566. The molecule has 1 aromatic rings. The molecule has 2 N–H and O–H groups in total. The number of anilines is 1. The first-order chi connectivity index (χ1) is 11.2. The Kier molecular flexibility index (Phi) is 5.88. The number of ether oxygens (including phenoxy) is 1. The van der Waals surface area contributed by atoms with Crippen LogP contribution in [0.25, 0.3) is 0 Å². The van der Waals surface area contributed by atoms with Crippen LogP contribution < -0.4 is 10.2 Å². The van der Waals surface area contributed by atoms with E-state index in [-0.39, 0.29) is 24.7 Å². The molecule has 0 spiro atoms. The normalized spacial score (nSPS) is 16.7. The number of nitrogens with zero attached hydrogens (tertiary/aromatic N) is 1. The molecule has 24 heavy (non-hydrogen) atoms. The molecule has 0 saturated carbocycles. The van der Waals surface area contributed by atoms with E-state index in [1.165, 1.54) is 5.56 Å². The van der Waals surface area contributed by atoms with Crippen molar-refractivity contribution in [1.29, 1.82) is 0 Å². The van der Waals surface area contributed by atoms with E-state index in [1.807, 2.05) is 39.8 Å². The third-order valence-electron chi connectivity index (χ3n) is 4.45. The van der Waals surface area contributed by atoms with Crippen LogP contribution in [0.5, 0.6) is 0 Å². The van der Waals surface area contributed by atoms with Crippen LogP contribution in [0, 0.1) is 5.92 Å². The zero-order valence-corrected chi connectivity index (χ0v) is 15.4. The van der Waals surface area contributed by atoms with Gasteiger partial charge in [-0.2, -0.15) is 0 Å². The summed E-state index contributed by atoms with van der Waals surface area (Å²) in [6, 6.07) is 6.35. The highest BCUT2D eigenvalue weighted by Gasteiger charge is 2.30. The van der Waals surface area contributed by atoms with E-state index in [9.17, 15) is 9.90 Å². The highest BCUT2D eigenvalue weighted by molar-refractivity contribution is 5.91. The van der Waals surface area contributed by atoms with Gasteiger partial charge in [-0.15, -0.1) is 0 Å². The van der Waals surface area contributed by atoms with Gasteiger partial charge in [-0.1, -0.05) is 25.1 Å². The molecule has 1 aliphatic rings. The molecule has 2 unspecified atom stereocenters. The highest BCUT2D eigenvalue weighted by Crippen LogP contribution is 2.33. The van der Waals surface area contributed by atoms with Gasteiger partial charge in [-0.05, 0) is 51.2 Å². The maximum Gasteiger partial charge on any atom is 0.414 e. The molecule has 1 amide bonds. The maximum atomic E-state index is 12.5. The zero-order valence-electron chi connectivity index (χ0n) is 15.4. The van der Waals surface area contributed by atoms with Gasteiger partial charge in [0.05, 0.1) is 5.69 Å². The van der Waals surface area contributed by atoms with Crippen LogP contribution in [0.2, 0.25) is 0 Å². The monoisotopic (exact) mass is 334 g/mol. The average Bonchev–Trinajstić information content (AvgIpc) is 2.94. The number of aliphatic hydroxyl groups is 1. The Balaban J connectivity index is 2.16. The van der Waals surface area contributed by atoms with Crippen LogP contribution in [0.4, 0.5) is 10.5 Å². The summed E-state index contributed by atoms with van der Waals surface area (Å²) in [4.78, 5) is 14.3. The predicted octanol–water partition coefficient (Wildman–Crippen LogP) is 3.09. The first-order valence-electron chi connectivity index (χ1n) is 8.68. The van der Waals surface area contributed by atoms with Crippen LogP contribution in [0.15, 0.2) is 18.2 Å². The van der Waals surface area contributed by atoms with Crippen LogP contribution in [-0.2, 0) is 17.7 Å². The van der Waals surface area contributed by atoms with Crippen LogP contribution >= 0.6 is 0 Å². The Morgan fingerprint density at radius 2 is 2.08 bits per heavy atom. The molecule has 0 radical (unpaired) electrons. The summed E-state index contributed by atoms with van der Waals surface area (Å²) in [7, 11) is 0. The number of nitrogens with one attached hydrogen (secondary N) is 1. The number of carbonyl (C=O) groups is 1. The summed E-state index contributed by atoms with van der Waals surface area (Å²) >= 11 is 0. The molecule has 2 atom stereocenters. The third kappa shape index (κ3) is 4.48. The number of carbonyl (C=O) groups excluding carboxylic acids is 1. The summed E-state index contributed by atoms with van der Waals surface area (Å²) in [5.41, 5.74) is 2.75. The minimum atomic E-state index is -0.502. The Morgan fingerprint density at radius 1 is 1.38 bits per heavy atom. The number of hydrogen-bond donors (Lipinski definition) is 2. The number of aliphatic hydroxyl groups excluding tert-OH is 1. The lowest BCUT2D eigenvalue weighted by Gasteiger charge is -2.26. The fourth-order valence-electron chi connectivity index (χ4n) is 2.81. The lowest BCUT2D eigenvalue weighted by Crippen LogP contribution is -2.37. The summed E-state index contributed by atoms with van der Waals surface area (Å²) in [6.45, 7) is 11.2. The van der Waals surface area contributed by atoms with E-state index >= 15 is 0 Å². The number of fused-ring (bicyclic) bond motifs is 1. The predicted molar refractivity (Wildman–Crippen MR) is 96.3 cm³/mol. The molecule has 5 nitrogen and oxygen atoms in total. The number of amides is 1. The van der Waals surface area contributed by atoms with Crippen LogP contribution in [0.3, 0.4) is 0 Å². The molecular formula is C19H30N2O3. The quantitative estimate of drug-likeness (QED) is 0.869. The second kappa shape index (κ2) is 7.53. The molecule has 1 aromatic carbocycles. The molecule has 0 aliphatic carbocycles. The molecule has 0 fully saturated rings. The molecule has 2 rings (SSSR count). The largest absolute Gasteiger partial charge is 0.443 e. The van der Waals surface area contributed by atoms with Gasteiger partial charge in [0.2, 0.25) is 0 Å². The average molecular weight is 334 g/mol. The van der Waals surface area contributed by atoms with Gasteiger partial charge < -0.3 is 15.2 Å². The van der Waals surface area contributed by atoms with Crippen molar-refractivity contribution in [2.75, 3.05) is 18.1 Å². The van der Waals surface area contributed by atoms with Gasteiger partial charge in [-0.25, -0.2) is 4.79 Å². The Hall–Kier alpha value is -1.59. The number of para-hydroxylation sites is 1.